The highest BCUT2D eigenvalue weighted by Crippen LogP contribution is 2.10. The third-order valence-corrected chi connectivity index (χ3v) is 4.48. The van der Waals surface area contributed by atoms with Gasteiger partial charge in [-0.3, -0.25) is 14.4 Å². The van der Waals surface area contributed by atoms with Crippen molar-refractivity contribution in [3.05, 3.63) is 82.9 Å². The zero-order chi connectivity index (χ0) is 23.8. The summed E-state index contributed by atoms with van der Waals surface area (Å²) >= 11 is 0. The fraction of sp³-hybridized carbons (Fsp3) is 0.280. The SMILES string of the molecule is CCCc1cccc(CCC(=O)/C=C\C(=N)c2ccc(C(=O)NCCO)cc2)c1.O=CO. The number of ketones is 1. The Morgan fingerprint density at radius 2 is 1.59 bits per heavy atom. The van der Waals surface area contributed by atoms with Crippen LogP contribution in [0.15, 0.2) is 60.7 Å². The molecule has 7 heteroatoms. The van der Waals surface area contributed by atoms with Crippen LogP contribution >= 0.6 is 0 Å². The maximum atomic E-state index is 12.1. The number of benzene rings is 2. The first kappa shape index (κ1) is 26.5. The van der Waals surface area contributed by atoms with Crippen LogP contribution in [0.1, 0.15) is 46.8 Å². The van der Waals surface area contributed by atoms with E-state index in [4.69, 9.17) is 20.4 Å². The summed E-state index contributed by atoms with van der Waals surface area (Å²) in [5.74, 6) is -0.290. The number of aliphatic hydroxyl groups is 1. The Balaban J connectivity index is 0.00000161. The summed E-state index contributed by atoms with van der Waals surface area (Å²) in [7, 11) is 0. The minimum atomic E-state index is -0.272. The standard InChI is InChI=1S/C24H28N2O3.CH2O2/c1-2-4-18-5-3-6-19(17-18)7-12-22(28)13-14-23(25)20-8-10-21(11-9-20)24(29)26-15-16-27;2-1-3/h3,5-6,8-11,13-14,17,25,27H,2,4,7,12,15-16H2,1H3,(H,26,29);1H,(H,2,3)/b14-13-,25-23?;. The molecular weight excluding hydrogens is 408 g/mol. The van der Waals surface area contributed by atoms with Gasteiger partial charge in [-0.05, 0) is 53.8 Å². The molecule has 32 heavy (non-hydrogen) atoms. The third-order valence-electron chi connectivity index (χ3n) is 4.48. The van der Waals surface area contributed by atoms with Gasteiger partial charge in [0.15, 0.2) is 5.78 Å². The number of aliphatic hydroxyl groups excluding tert-OH is 1. The lowest BCUT2D eigenvalue weighted by molar-refractivity contribution is -0.123. The molecule has 0 aliphatic carbocycles. The highest BCUT2D eigenvalue weighted by Gasteiger charge is 2.06. The summed E-state index contributed by atoms with van der Waals surface area (Å²) in [5, 5.41) is 26.3. The minimum absolute atomic E-state index is 0.0179. The highest BCUT2D eigenvalue weighted by atomic mass is 16.3. The smallest absolute Gasteiger partial charge is 0.290 e. The van der Waals surface area contributed by atoms with Gasteiger partial charge in [0.25, 0.3) is 12.4 Å². The fourth-order valence-electron chi connectivity index (χ4n) is 2.93. The molecule has 0 aliphatic heterocycles. The third kappa shape index (κ3) is 9.95. The molecule has 1 amide bonds. The van der Waals surface area contributed by atoms with E-state index in [1.807, 2.05) is 12.1 Å². The lowest BCUT2D eigenvalue weighted by Gasteiger charge is -2.05. The summed E-state index contributed by atoms with van der Waals surface area (Å²) in [6, 6.07) is 14.9. The summed E-state index contributed by atoms with van der Waals surface area (Å²) in [4.78, 5) is 32.3. The summed E-state index contributed by atoms with van der Waals surface area (Å²) < 4.78 is 0. The van der Waals surface area contributed by atoms with E-state index in [9.17, 15) is 9.59 Å². The number of hydrogen-bond donors (Lipinski definition) is 4. The molecule has 2 aromatic rings. The second kappa shape index (κ2) is 15.3. The lowest BCUT2D eigenvalue weighted by Crippen LogP contribution is -2.26. The molecule has 0 aromatic heterocycles. The molecule has 0 saturated heterocycles. The molecule has 0 fully saturated rings. The average molecular weight is 439 g/mol. The minimum Gasteiger partial charge on any atom is -0.483 e. The summed E-state index contributed by atoms with van der Waals surface area (Å²) in [5.41, 5.74) is 3.75. The van der Waals surface area contributed by atoms with Crippen LogP contribution in [0.4, 0.5) is 0 Å². The molecule has 0 saturated carbocycles. The van der Waals surface area contributed by atoms with Gasteiger partial charge in [-0.1, -0.05) is 49.7 Å². The zero-order valence-corrected chi connectivity index (χ0v) is 18.2. The number of nitrogens with one attached hydrogen (secondary N) is 2. The van der Waals surface area contributed by atoms with E-state index in [1.54, 1.807) is 24.3 Å². The molecule has 0 heterocycles. The van der Waals surface area contributed by atoms with Crippen LogP contribution in [0.5, 0.6) is 0 Å². The Bertz CT molecular complexity index is 920. The molecule has 0 atom stereocenters. The number of aryl methyl sites for hydroxylation is 2. The van der Waals surface area contributed by atoms with E-state index < -0.39 is 0 Å². The first-order valence-corrected chi connectivity index (χ1v) is 10.4. The van der Waals surface area contributed by atoms with Crippen molar-refractivity contribution in [2.24, 2.45) is 0 Å². The van der Waals surface area contributed by atoms with Crippen molar-refractivity contribution < 1.29 is 24.6 Å². The van der Waals surface area contributed by atoms with Gasteiger partial charge >= 0.3 is 0 Å². The lowest BCUT2D eigenvalue weighted by atomic mass is 10.0. The van der Waals surface area contributed by atoms with Gasteiger partial charge in [0.1, 0.15) is 0 Å². The van der Waals surface area contributed by atoms with E-state index >= 15 is 0 Å². The van der Waals surface area contributed by atoms with Crippen LogP contribution in [0.25, 0.3) is 0 Å². The Hall–Kier alpha value is -3.58. The second-order valence-electron chi connectivity index (χ2n) is 6.95. The Labute approximate surface area is 188 Å². The Morgan fingerprint density at radius 3 is 2.19 bits per heavy atom. The number of allylic oxidation sites excluding steroid dienone is 2. The molecule has 0 aliphatic rings. The van der Waals surface area contributed by atoms with Crippen LogP contribution in [-0.4, -0.2) is 47.2 Å². The molecule has 0 unspecified atom stereocenters. The van der Waals surface area contributed by atoms with Crippen molar-refractivity contribution in [3.63, 3.8) is 0 Å². The second-order valence-corrected chi connectivity index (χ2v) is 6.95. The van der Waals surface area contributed by atoms with Gasteiger partial charge in [0.05, 0.1) is 12.3 Å². The predicted octanol–water partition coefficient (Wildman–Crippen LogP) is 3.19. The largest absolute Gasteiger partial charge is 0.483 e. The van der Waals surface area contributed by atoms with Crippen LogP contribution in [0, 0.1) is 5.41 Å². The maximum Gasteiger partial charge on any atom is 0.290 e. The van der Waals surface area contributed by atoms with Gasteiger partial charge in [0, 0.05) is 18.5 Å². The number of amides is 1. The molecule has 0 bridgehead atoms. The topological polar surface area (TPSA) is 128 Å². The number of carbonyl (C=O) groups is 3. The van der Waals surface area contributed by atoms with Gasteiger partial charge in [0.2, 0.25) is 0 Å². The number of hydrogen-bond acceptors (Lipinski definition) is 5. The van der Waals surface area contributed by atoms with Crippen LogP contribution in [0.2, 0.25) is 0 Å². The monoisotopic (exact) mass is 438 g/mol. The molecule has 2 aromatic carbocycles. The normalized spacial score (nSPS) is 10.2. The van der Waals surface area contributed by atoms with E-state index in [2.05, 4.69) is 24.4 Å². The van der Waals surface area contributed by atoms with Crippen molar-refractivity contribution in [2.75, 3.05) is 13.2 Å². The fourth-order valence-corrected chi connectivity index (χ4v) is 2.93. The molecule has 0 radical (unpaired) electrons. The molecule has 4 N–H and O–H groups in total. The van der Waals surface area contributed by atoms with Gasteiger partial charge < -0.3 is 20.9 Å². The van der Waals surface area contributed by atoms with Crippen molar-refractivity contribution in [1.29, 1.82) is 5.41 Å². The highest BCUT2D eigenvalue weighted by molar-refractivity contribution is 6.09. The summed E-state index contributed by atoms with van der Waals surface area (Å²) in [6.45, 7) is 1.98. The van der Waals surface area contributed by atoms with Gasteiger partial charge in [-0.25, -0.2) is 0 Å². The molecular formula is C25H30N2O5. The summed E-state index contributed by atoms with van der Waals surface area (Å²) in [6.07, 6.45) is 6.17. The van der Waals surface area contributed by atoms with E-state index in [0.717, 1.165) is 18.4 Å². The van der Waals surface area contributed by atoms with Gasteiger partial charge in [-0.15, -0.1) is 0 Å². The zero-order valence-electron chi connectivity index (χ0n) is 18.2. The quantitative estimate of drug-likeness (QED) is 0.243. The number of rotatable bonds is 11. The first-order valence-electron chi connectivity index (χ1n) is 10.4. The Kier molecular flexibility index (Phi) is 12.6. The van der Waals surface area contributed by atoms with E-state index in [-0.39, 0.29) is 37.0 Å². The van der Waals surface area contributed by atoms with Crippen molar-refractivity contribution in [3.8, 4) is 0 Å². The van der Waals surface area contributed by atoms with Crippen molar-refractivity contribution >= 4 is 23.9 Å². The van der Waals surface area contributed by atoms with E-state index in [1.165, 1.54) is 17.7 Å². The molecule has 170 valence electrons. The van der Waals surface area contributed by atoms with E-state index in [0.29, 0.717) is 24.0 Å². The van der Waals surface area contributed by atoms with Crippen molar-refractivity contribution in [1.82, 2.24) is 5.32 Å². The first-order chi connectivity index (χ1) is 15.4. The van der Waals surface area contributed by atoms with Crippen molar-refractivity contribution in [2.45, 2.75) is 32.6 Å². The number of carboxylic acid groups (broad SMARTS) is 1. The molecule has 2 rings (SSSR count). The number of carbonyl (C=O) groups excluding carboxylic acids is 2. The van der Waals surface area contributed by atoms with Crippen LogP contribution < -0.4 is 5.32 Å². The maximum absolute atomic E-state index is 12.1. The predicted molar refractivity (Wildman–Crippen MR) is 124 cm³/mol. The average Bonchev–Trinajstić information content (AvgIpc) is 2.80. The molecule has 7 nitrogen and oxygen atoms in total. The molecule has 0 spiro atoms. The van der Waals surface area contributed by atoms with Crippen LogP contribution in [0.3, 0.4) is 0 Å². The Morgan fingerprint density at radius 1 is 1.00 bits per heavy atom. The van der Waals surface area contributed by atoms with Gasteiger partial charge in [-0.2, -0.15) is 0 Å². The van der Waals surface area contributed by atoms with Crippen LogP contribution in [-0.2, 0) is 22.4 Å².